The minimum Gasteiger partial charge on any atom is -0.342 e. The summed E-state index contributed by atoms with van der Waals surface area (Å²) >= 11 is 5.84. The van der Waals surface area contributed by atoms with Crippen molar-refractivity contribution >= 4 is 17.5 Å². The van der Waals surface area contributed by atoms with Crippen LogP contribution in [0.5, 0.6) is 0 Å². The summed E-state index contributed by atoms with van der Waals surface area (Å²) in [6.45, 7) is 2.02. The van der Waals surface area contributed by atoms with Crippen molar-refractivity contribution in [3.05, 3.63) is 68.6 Å². The highest BCUT2D eigenvalue weighted by molar-refractivity contribution is 6.30. The molecular weight excluding hydrogens is 288 g/mol. The number of pyridine rings is 1. The number of benzene rings is 1. The third-order valence-electron chi connectivity index (χ3n) is 3.88. The largest absolute Gasteiger partial charge is 0.342 e. The van der Waals surface area contributed by atoms with Crippen LogP contribution >= 0.6 is 11.6 Å². The summed E-state index contributed by atoms with van der Waals surface area (Å²) in [5.74, 6) is -0.389. The van der Waals surface area contributed by atoms with Crippen LogP contribution in [0.25, 0.3) is 0 Å². The van der Waals surface area contributed by atoms with Gasteiger partial charge in [-0.15, -0.1) is 0 Å². The Hall–Kier alpha value is -2.07. The third kappa shape index (κ3) is 2.59. The highest BCUT2D eigenvalue weighted by Gasteiger charge is 2.46. The molecule has 1 aromatic carbocycles. The Bertz CT molecular complexity index is 763. The van der Waals surface area contributed by atoms with Gasteiger partial charge in [0, 0.05) is 6.20 Å². The van der Waals surface area contributed by atoms with Gasteiger partial charge < -0.3 is 10.3 Å². The van der Waals surface area contributed by atoms with Crippen molar-refractivity contribution in [2.45, 2.75) is 25.3 Å². The molecule has 0 unspecified atom stereocenters. The van der Waals surface area contributed by atoms with Gasteiger partial charge in [-0.25, -0.2) is 0 Å². The minimum absolute atomic E-state index is 0.0439. The van der Waals surface area contributed by atoms with E-state index in [1.54, 1.807) is 0 Å². The number of aromatic amines is 1. The molecule has 4 nitrogen and oxygen atoms in total. The molecule has 1 aromatic heterocycles. The first-order valence-electron chi connectivity index (χ1n) is 6.79. The van der Waals surface area contributed by atoms with Crippen molar-refractivity contribution in [1.29, 1.82) is 0 Å². The zero-order valence-corrected chi connectivity index (χ0v) is 12.3. The Balaban J connectivity index is 1.90. The van der Waals surface area contributed by atoms with Gasteiger partial charge in [0.15, 0.2) is 0 Å². The fourth-order valence-electron chi connectivity index (χ4n) is 2.61. The molecule has 0 spiro atoms. The molecule has 0 saturated heterocycles. The Labute approximate surface area is 127 Å². The lowest BCUT2D eigenvalue weighted by molar-refractivity contribution is 0.0929. The zero-order valence-electron chi connectivity index (χ0n) is 11.6. The summed E-state index contributed by atoms with van der Waals surface area (Å²) in [4.78, 5) is 26.6. The maximum atomic E-state index is 12.4. The van der Waals surface area contributed by atoms with Gasteiger partial charge in [0.25, 0.3) is 11.5 Å². The summed E-state index contributed by atoms with van der Waals surface area (Å²) in [6.07, 6.45) is 3.12. The fraction of sp³-hybridized carbons (Fsp3) is 0.250. The predicted molar refractivity (Wildman–Crippen MR) is 81.6 cm³/mol. The number of halogens is 1. The van der Waals surface area contributed by atoms with E-state index in [2.05, 4.69) is 10.3 Å². The molecule has 1 saturated carbocycles. The first kappa shape index (κ1) is 13.9. The molecule has 108 valence electrons. The third-order valence-corrected chi connectivity index (χ3v) is 4.09. The molecule has 0 bridgehead atoms. The predicted octanol–water partition coefficient (Wildman–Crippen LogP) is 2.76. The molecule has 3 rings (SSSR count). The first-order chi connectivity index (χ1) is 10.0. The molecule has 2 aromatic rings. The van der Waals surface area contributed by atoms with Gasteiger partial charge in [0.05, 0.1) is 10.6 Å². The van der Waals surface area contributed by atoms with Gasteiger partial charge in [0.1, 0.15) is 5.56 Å². The van der Waals surface area contributed by atoms with Gasteiger partial charge in [-0.1, -0.05) is 35.9 Å². The van der Waals surface area contributed by atoms with Crippen LogP contribution in [0.2, 0.25) is 5.02 Å². The van der Waals surface area contributed by atoms with Crippen molar-refractivity contribution in [3.8, 4) is 0 Å². The maximum Gasteiger partial charge on any atom is 0.260 e. The molecule has 1 aliphatic carbocycles. The fourth-order valence-corrected chi connectivity index (χ4v) is 2.77. The Morgan fingerprint density at radius 1 is 1.33 bits per heavy atom. The van der Waals surface area contributed by atoms with E-state index in [0.29, 0.717) is 5.02 Å². The Kier molecular flexibility index (Phi) is 3.33. The molecule has 1 aliphatic rings. The van der Waals surface area contributed by atoms with Crippen molar-refractivity contribution in [2.24, 2.45) is 0 Å². The molecule has 1 heterocycles. The Morgan fingerprint density at radius 2 is 2.05 bits per heavy atom. The average molecular weight is 303 g/mol. The topological polar surface area (TPSA) is 62.0 Å². The van der Waals surface area contributed by atoms with Gasteiger partial charge in [-0.05, 0) is 37.0 Å². The standard InChI is InChI=1S/C16H15ClN2O2/c1-10-4-2-3-5-13(10)16(6-7-16)19-15(21)12-8-11(17)9-18-14(12)20/h2-5,8-9H,6-7H2,1H3,(H,18,20)(H,19,21). The number of hydrogen-bond donors (Lipinski definition) is 2. The quantitative estimate of drug-likeness (QED) is 0.916. The maximum absolute atomic E-state index is 12.4. The molecule has 0 aliphatic heterocycles. The zero-order chi connectivity index (χ0) is 15.0. The van der Waals surface area contributed by atoms with Gasteiger partial charge in [0.2, 0.25) is 0 Å². The first-order valence-corrected chi connectivity index (χ1v) is 7.16. The monoisotopic (exact) mass is 302 g/mol. The summed E-state index contributed by atoms with van der Waals surface area (Å²) in [7, 11) is 0. The molecule has 21 heavy (non-hydrogen) atoms. The highest BCUT2D eigenvalue weighted by Crippen LogP contribution is 2.46. The normalized spacial score (nSPS) is 15.5. The van der Waals surface area contributed by atoms with Crippen molar-refractivity contribution < 1.29 is 4.79 Å². The second kappa shape index (κ2) is 5.04. The highest BCUT2D eigenvalue weighted by atomic mass is 35.5. The SMILES string of the molecule is Cc1ccccc1C1(NC(=O)c2cc(Cl)c[nH]c2=O)CC1. The number of H-pyrrole nitrogens is 1. The van der Waals surface area contributed by atoms with Crippen LogP contribution in [0.3, 0.4) is 0 Å². The summed E-state index contributed by atoms with van der Waals surface area (Å²) in [5, 5.41) is 3.33. The van der Waals surface area contributed by atoms with Gasteiger partial charge >= 0.3 is 0 Å². The lowest BCUT2D eigenvalue weighted by Crippen LogP contribution is -2.38. The molecule has 5 heteroatoms. The number of hydrogen-bond acceptors (Lipinski definition) is 2. The van der Waals surface area contributed by atoms with Crippen LogP contribution in [-0.4, -0.2) is 10.9 Å². The molecule has 1 amide bonds. The van der Waals surface area contributed by atoms with Crippen LogP contribution < -0.4 is 10.9 Å². The Morgan fingerprint density at radius 3 is 2.71 bits per heavy atom. The molecule has 0 atom stereocenters. The smallest absolute Gasteiger partial charge is 0.260 e. The van der Waals surface area contributed by atoms with E-state index in [1.165, 1.54) is 12.3 Å². The number of aromatic nitrogens is 1. The number of carbonyl (C=O) groups is 1. The van der Waals surface area contributed by atoms with Crippen LogP contribution in [0.4, 0.5) is 0 Å². The number of carbonyl (C=O) groups excluding carboxylic acids is 1. The van der Waals surface area contributed by atoms with Crippen LogP contribution in [0.1, 0.15) is 34.3 Å². The summed E-state index contributed by atoms with van der Waals surface area (Å²) in [5.41, 5.74) is 1.50. The number of nitrogens with one attached hydrogen (secondary N) is 2. The van der Waals surface area contributed by atoms with Gasteiger partial charge in [-0.2, -0.15) is 0 Å². The van der Waals surface area contributed by atoms with Crippen LogP contribution in [-0.2, 0) is 5.54 Å². The van der Waals surface area contributed by atoms with Crippen molar-refractivity contribution in [1.82, 2.24) is 10.3 Å². The average Bonchev–Trinajstić information content (AvgIpc) is 3.22. The van der Waals surface area contributed by atoms with E-state index < -0.39 is 5.56 Å². The van der Waals surface area contributed by atoms with Crippen molar-refractivity contribution in [2.75, 3.05) is 0 Å². The van der Waals surface area contributed by atoms with E-state index in [0.717, 1.165) is 24.0 Å². The van der Waals surface area contributed by atoms with E-state index in [-0.39, 0.29) is 17.0 Å². The van der Waals surface area contributed by atoms with E-state index in [4.69, 9.17) is 11.6 Å². The van der Waals surface area contributed by atoms with Crippen LogP contribution in [0, 0.1) is 6.92 Å². The second-order valence-corrected chi connectivity index (χ2v) is 5.85. The lowest BCUT2D eigenvalue weighted by atomic mass is 9.99. The number of amides is 1. The number of rotatable bonds is 3. The lowest BCUT2D eigenvalue weighted by Gasteiger charge is -2.20. The van der Waals surface area contributed by atoms with E-state index >= 15 is 0 Å². The number of aryl methyl sites for hydroxylation is 1. The van der Waals surface area contributed by atoms with Crippen LogP contribution in [0.15, 0.2) is 41.3 Å². The summed E-state index contributed by atoms with van der Waals surface area (Å²) < 4.78 is 0. The molecule has 1 fully saturated rings. The van der Waals surface area contributed by atoms with Crippen molar-refractivity contribution in [3.63, 3.8) is 0 Å². The molecule has 2 N–H and O–H groups in total. The van der Waals surface area contributed by atoms with E-state index in [9.17, 15) is 9.59 Å². The molecule has 0 radical (unpaired) electrons. The van der Waals surface area contributed by atoms with Gasteiger partial charge in [-0.3, -0.25) is 9.59 Å². The van der Waals surface area contributed by atoms with E-state index in [1.807, 2.05) is 31.2 Å². The minimum atomic E-state index is -0.433. The molecular formula is C16H15ClN2O2. The second-order valence-electron chi connectivity index (χ2n) is 5.41. The summed E-state index contributed by atoms with van der Waals surface area (Å²) in [6, 6.07) is 9.36.